The standard InChI is InChI=1S/C17H15N3O3/c1-23-9-6-7-13-11(8-9)14(17(21)19-13)16-15(20-22)10-4-2-3-5-12(10)18-16/h2-5,8,18,22H,6-7H2,1H3,(H,19,21)/b16-14-,20-15+. The van der Waals surface area contributed by atoms with E-state index in [9.17, 15) is 10.0 Å². The number of methoxy groups -OCH3 is 1. The molecule has 0 saturated heterocycles. The minimum absolute atomic E-state index is 0.194. The van der Waals surface area contributed by atoms with Crippen LogP contribution in [0.4, 0.5) is 5.69 Å². The molecule has 0 bridgehead atoms. The minimum Gasteiger partial charge on any atom is -0.501 e. The number of hydrogen-bond donors (Lipinski definition) is 3. The van der Waals surface area contributed by atoms with E-state index in [0.29, 0.717) is 17.0 Å². The third kappa shape index (κ3) is 1.95. The van der Waals surface area contributed by atoms with Crippen LogP contribution in [0.5, 0.6) is 0 Å². The van der Waals surface area contributed by atoms with Gasteiger partial charge >= 0.3 is 0 Å². The Bertz CT molecular complexity index is 846. The highest BCUT2D eigenvalue weighted by atomic mass is 16.5. The van der Waals surface area contributed by atoms with Gasteiger partial charge in [0.1, 0.15) is 5.71 Å². The number of benzene rings is 1. The molecule has 2 aliphatic heterocycles. The van der Waals surface area contributed by atoms with Gasteiger partial charge in [0.15, 0.2) is 0 Å². The maximum absolute atomic E-state index is 12.5. The molecule has 1 aromatic carbocycles. The number of carbonyl (C=O) groups excluding carboxylic acids is 1. The van der Waals surface area contributed by atoms with E-state index < -0.39 is 0 Å². The van der Waals surface area contributed by atoms with Crippen molar-refractivity contribution in [2.45, 2.75) is 12.8 Å². The van der Waals surface area contributed by atoms with Crippen LogP contribution >= 0.6 is 0 Å². The monoisotopic (exact) mass is 309 g/mol. The normalized spacial score (nSPS) is 24.1. The number of ether oxygens (including phenoxy) is 1. The van der Waals surface area contributed by atoms with E-state index in [1.54, 1.807) is 7.11 Å². The molecule has 3 aliphatic rings. The van der Waals surface area contributed by atoms with Crippen molar-refractivity contribution in [1.82, 2.24) is 5.32 Å². The van der Waals surface area contributed by atoms with E-state index >= 15 is 0 Å². The summed E-state index contributed by atoms with van der Waals surface area (Å²) in [5, 5.41) is 19.0. The quantitative estimate of drug-likeness (QED) is 0.422. The van der Waals surface area contributed by atoms with E-state index in [1.165, 1.54) is 0 Å². The van der Waals surface area contributed by atoms with Crippen molar-refractivity contribution in [3.8, 4) is 0 Å². The maximum atomic E-state index is 12.5. The van der Waals surface area contributed by atoms with Crippen LogP contribution in [0.1, 0.15) is 18.4 Å². The molecule has 6 heteroatoms. The SMILES string of the molecule is COC1=CC2=C(CC1)NC(=O)/C2=C1\Nc2ccccc2\C1=N/O. The lowest BCUT2D eigenvalue weighted by atomic mass is 9.96. The maximum Gasteiger partial charge on any atom is 0.258 e. The topological polar surface area (TPSA) is 83.0 Å². The fourth-order valence-electron chi connectivity index (χ4n) is 3.20. The number of hydrogen-bond acceptors (Lipinski definition) is 5. The van der Waals surface area contributed by atoms with Gasteiger partial charge in [-0.05, 0) is 18.6 Å². The summed E-state index contributed by atoms with van der Waals surface area (Å²) in [5.41, 5.74) is 4.64. The van der Waals surface area contributed by atoms with Gasteiger partial charge in [-0.2, -0.15) is 0 Å². The zero-order valence-electron chi connectivity index (χ0n) is 12.5. The van der Waals surface area contributed by atoms with Crippen molar-refractivity contribution in [2.75, 3.05) is 12.4 Å². The molecule has 0 unspecified atom stereocenters. The summed E-state index contributed by atoms with van der Waals surface area (Å²) in [6.07, 6.45) is 3.35. The highest BCUT2D eigenvalue weighted by Gasteiger charge is 2.36. The van der Waals surface area contributed by atoms with Gasteiger partial charge < -0.3 is 20.6 Å². The molecule has 0 spiro atoms. The van der Waals surface area contributed by atoms with Crippen molar-refractivity contribution < 1.29 is 14.7 Å². The number of carbonyl (C=O) groups is 1. The molecule has 0 atom stereocenters. The molecule has 116 valence electrons. The van der Waals surface area contributed by atoms with E-state index in [2.05, 4.69) is 15.8 Å². The molecule has 1 amide bonds. The highest BCUT2D eigenvalue weighted by molar-refractivity contribution is 6.25. The second-order valence-corrected chi connectivity index (χ2v) is 5.53. The first-order valence-electron chi connectivity index (χ1n) is 7.35. The molecule has 6 nitrogen and oxygen atoms in total. The Labute approximate surface area is 132 Å². The zero-order chi connectivity index (χ0) is 16.0. The van der Waals surface area contributed by atoms with Crippen LogP contribution in [0.2, 0.25) is 0 Å². The van der Waals surface area contributed by atoms with Gasteiger partial charge in [0.25, 0.3) is 5.91 Å². The van der Waals surface area contributed by atoms with Gasteiger partial charge in [-0.15, -0.1) is 0 Å². The third-order valence-electron chi connectivity index (χ3n) is 4.30. The molecule has 0 fully saturated rings. The lowest BCUT2D eigenvalue weighted by Crippen LogP contribution is -2.19. The molecular weight excluding hydrogens is 294 g/mol. The van der Waals surface area contributed by atoms with Crippen molar-refractivity contribution in [3.05, 3.63) is 64.2 Å². The summed E-state index contributed by atoms with van der Waals surface area (Å²) in [4.78, 5) is 12.5. The Morgan fingerprint density at radius 2 is 2.04 bits per heavy atom. The van der Waals surface area contributed by atoms with E-state index in [1.807, 2.05) is 30.3 Å². The Morgan fingerprint density at radius 1 is 1.22 bits per heavy atom. The second kappa shape index (κ2) is 5.01. The van der Waals surface area contributed by atoms with Gasteiger partial charge in [-0.1, -0.05) is 23.4 Å². The Hall–Kier alpha value is -3.02. The smallest absolute Gasteiger partial charge is 0.258 e. The Kier molecular flexibility index (Phi) is 2.97. The molecular formula is C17H15N3O3. The summed E-state index contributed by atoms with van der Waals surface area (Å²) >= 11 is 0. The first-order chi connectivity index (χ1) is 11.2. The Balaban J connectivity index is 1.89. The van der Waals surface area contributed by atoms with Crippen LogP contribution in [0.15, 0.2) is 63.8 Å². The van der Waals surface area contributed by atoms with Crippen LogP contribution in [-0.2, 0) is 9.53 Å². The van der Waals surface area contributed by atoms with Crippen molar-refractivity contribution in [2.24, 2.45) is 5.16 Å². The molecule has 3 N–H and O–H groups in total. The summed E-state index contributed by atoms with van der Waals surface area (Å²) in [6, 6.07) is 7.48. The minimum atomic E-state index is -0.194. The van der Waals surface area contributed by atoms with Crippen molar-refractivity contribution in [3.63, 3.8) is 0 Å². The van der Waals surface area contributed by atoms with Crippen LogP contribution < -0.4 is 10.6 Å². The van der Waals surface area contributed by atoms with Gasteiger partial charge in [0.05, 0.1) is 24.1 Å². The first kappa shape index (κ1) is 13.6. The summed E-state index contributed by atoms with van der Waals surface area (Å²) in [6.45, 7) is 0. The van der Waals surface area contributed by atoms with Crippen LogP contribution in [0, 0.1) is 0 Å². The summed E-state index contributed by atoms with van der Waals surface area (Å²) in [7, 11) is 1.62. The van der Waals surface area contributed by atoms with Crippen LogP contribution in [0.25, 0.3) is 0 Å². The molecule has 23 heavy (non-hydrogen) atoms. The average Bonchev–Trinajstić information content (AvgIpc) is 3.09. The third-order valence-corrected chi connectivity index (χ3v) is 4.30. The fraction of sp³-hybridized carbons (Fsp3) is 0.176. The molecule has 1 aliphatic carbocycles. The van der Waals surface area contributed by atoms with Gasteiger partial charge in [-0.25, -0.2) is 0 Å². The molecule has 0 saturated carbocycles. The first-order valence-corrected chi connectivity index (χ1v) is 7.35. The highest BCUT2D eigenvalue weighted by Crippen LogP contribution is 2.38. The fourth-order valence-corrected chi connectivity index (χ4v) is 3.20. The number of allylic oxidation sites excluding steroid dienone is 4. The Morgan fingerprint density at radius 3 is 2.83 bits per heavy atom. The molecule has 0 aromatic heterocycles. The summed E-state index contributed by atoms with van der Waals surface area (Å²) in [5.74, 6) is 0.636. The largest absolute Gasteiger partial charge is 0.501 e. The van der Waals surface area contributed by atoms with Crippen LogP contribution in [-0.4, -0.2) is 23.9 Å². The lowest BCUT2D eigenvalue weighted by molar-refractivity contribution is -0.116. The van der Waals surface area contributed by atoms with Crippen molar-refractivity contribution >= 4 is 17.3 Å². The summed E-state index contributed by atoms with van der Waals surface area (Å²) < 4.78 is 5.33. The molecule has 4 rings (SSSR count). The molecule has 0 radical (unpaired) electrons. The van der Waals surface area contributed by atoms with Gasteiger partial charge in [0, 0.05) is 28.9 Å². The van der Waals surface area contributed by atoms with Crippen molar-refractivity contribution in [1.29, 1.82) is 0 Å². The lowest BCUT2D eigenvalue weighted by Gasteiger charge is -2.14. The number of oxime groups is 1. The number of anilines is 1. The number of rotatable bonds is 1. The predicted molar refractivity (Wildman–Crippen MR) is 84.9 cm³/mol. The average molecular weight is 309 g/mol. The van der Waals surface area contributed by atoms with E-state index in [4.69, 9.17) is 4.74 Å². The number of nitrogens with zero attached hydrogens (tertiary/aromatic N) is 1. The molecule has 2 heterocycles. The van der Waals surface area contributed by atoms with Gasteiger partial charge in [-0.3, -0.25) is 4.79 Å². The zero-order valence-corrected chi connectivity index (χ0v) is 12.5. The van der Waals surface area contributed by atoms with E-state index in [0.717, 1.165) is 41.1 Å². The molecule has 1 aromatic rings. The predicted octanol–water partition coefficient (Wildman–Crippen LogP) is 2.25. The van der Waals surface area contributed by atoms with E-state index in [-0.39, 0.29) is 5.91 Å². The number of para-hydroxylation sites is 1. The second-order valence-electron chi connectivity index (χ2n) is 5.53. The number of fused-ring (bicyclic) bond motifs is 1. The van der Waals surface area contributed by atoms with Crippen LogP contribution in [0.3, 0.4) is 0 Å². The number of nitrogens with one attached hydrogen (secondary N) is 2. The van der Waals surface area contributed by atoms with Gasteiger partial charge in [0.2, 0.25) is 0 Å². The number of amides is 1.